The van der Waals surface area contributed by atoms with Crippen molar-refractivity contribution in [2.45, 2.75) is 6.18 Å². The highest BCUT2D eigenvalue weighted by molar-refractivity contribution is 6.43. The molecule has 0 aliphatic carbocycles. The van der Waals surface area contributed by atoms with Gasteiger partial charge in [-0.3, -0.25) is 0 Å². The van der Waals surface area contributed by atoms with Crippen molar-refractivity contribution in [1.29, 1.82) is 0 Å². The smallest absolute Gasteiger partial charge is 0.416 e. The van der Waals surface area contributed by atoms with Crippen molar-refractivity contribution in [2.24, 2.45) is 0 Å². The SMILES string of the molecule is Nc1cc(C(F)(F)F)ccc1C(=Cc1cccc(Cl)c1Cl)C(=O)O. The Kier molecular flexibility index (Phi) is 5.11. The van der Waals surface area contributed by atoms with E-state index in [1.165, 1.54) is 18.2 Å². The lowest BCUT2D eigenvalue weighted by atomic mass is 9.99. The number of carboxylic acids is 1. The first kappa shape index (κ1) is 18.2. The number of halogens is 5. The molecule has 0 spiro atoms. The normalized spacial score (nSPS) is 12.3. The number of nitrogens with two attached hydrogens (primary N) is 1. The van der Waals surface area contributed by atoms with Gasteiger partial charge in [-0.1, -0.05) is 41.4 Å². The average molecular weight is 376 g/mol. The number of carboxylic acid groups (broad SMARTS) is 1. The van der Waals surface area contributed by atoms with E-state index in [0.29, 0.717) is 11.6 Å². The summed E-state index contributed by atoms with van der Waals surface area (Å²) >= 11 is 11.9. The predicted molar refractivity (Wildman–Crippen MR) is 87.8 cm³/mol. The second-order valence-corrected chi connectivity index (χ2v) is 5.59. The van der Waals surface area contributed by atoms with Gasteiger partial charge in [-0.15, -0.1) is 0 Å². The molecule has 0 atom stereocenters. The monoisotopic (exact) mass is 375 g/mol. The largest absolute Gasteiger partial charge is 0.478 e. The van der Waals surface area contributed by atoms with Gasteiger partial charge in [0.1, 0.15) is 0 Å². The molecule has 2 aromatic rings. The quantitative estimate of drug-likeness (QED) is 0.439. The minimum absolute atomic E-state index is 0.0495. The van der Waals surface area contributed by atoms with Crippen molar-refractivity contribution in [1.82, 2.24) is 0 Å². The van der Waals surface area contributed by atoms with Gasteiger partial charge < -0.3 is 10.8 Å². The predicted octanol–water partition coefficient (Wildman–Crippen LogP) is 5.22. The maximum atomic E-state index is 12.7. The molecule has 0 aromatic heterocycles. The van der Waals surface area contributed by atoms with Crippen LogP contribution >= 0.6 is 23.2 Å². The van der Waals surface area contributed by atoms with E-state index in [-0.39, 0.29) is 26.9 Å². The molecule has 8 heteroatoms. The van der Waals surface area contributed by atoms with Crippen molar-refractivity contribution < 1.29 is 23.1 Å². The van der Waals surface area contributed by atoms with Crippen molar-refractivity contribution in [3.05, 3.63) is 63.1 Å². The summed E-state index contributed by atoms with van der Waals surface area (Å²) in [6, 6.07) is 7.07. The molecule has 0 heterocycles. The van der Waals surface area contributed by atoms with E-state index >= 15 is 0 Å². The van der Waals surface area contributed by atoms with Crippen LogP contribution in [0.2, 0.25) is 10.0 Å². The number of alkyl halides is 3. The molecule has 0 fully saturated rings. The lowest BCUT2D eigenvalue weighted by Gasteiger charge is -2.12. The minimum Gasteiger partial charge on any atom is -0.478 e. The summed E-state index contributed by atoms with van der Waals surface area (Å²) in [6.45, 7) is 0. The van der Waals surface area contributed by atoms with Gasteiger partial charge in [0.15, 0.2) is 0 Å². The number of rotatable bonds is 3. The van der Waals surface area contributed by atoms with Gasteiger partial charge in [-0.05, 0) is 29.8 Å². The zero-order valence-corrected chi connectivity index (χ0v) is 13.4. The van der Waals surface area contributed by atoms with Crippen molar-refractivity contribution >= 4 is 46.5 Å². The Hall–Kier alpha value is -2.18. The Labute approximate surface area is 145 Å². The van der Waals surface area contributed by atoms with Crippen LogP contribution in [0.15, 0.2) is 36.4 Å². The number of aliphatic carboxylic acids is 1. The summed E-state index contributed by atoms with van der Waals surface area (Å²) in [7, 11) is 0. The first-order valence-corrected chi connectivity index (χ1v) is 7.23. The topological polar surface area (TPSA) is 63.3 Å². The van der Waals surface area contributed by atoms with E-state index in [2.05, 4.69) is 0 Å². The number of nitrogen functional groups attached to an aromatic ring is 1. The second kappa shape index (κ2) is 6.75. The number of anilines is 1. The average Bonchev–Trinajstić information content (AvgIpc) is 2.48. The van der Waals surface area contributed by atoms with Gasteiger partial charge in [-0.25, -0.2) is 4.79 Å². The van der Waals surface area contributed by atoms with Crippen LogP contribution in [0.25, 0.3) is 11.6 Å². The fraction of sp³-hybridized carbons (Fsp3) is 0.0625. The lowest BCUT2D eigenvalue weighted by molar-refractivity contribution is -0.137. The second-order valence-electron chi connectivity index (χ2n) is 4.81. The van der Waals surface area contributed by atoms with E-state index < -0.39 is 17.7 Å². The summed E-state index contributed by atoms with van der Waals surface area (Å²) in [5.41, 5.74) is 4.30. The van der Waals surface area contributed by atoms with Crippen molar-refractivity contribution in [3.63, 3.8) is 0 Å². The maximum absolute atomic E-state index is 12.7. The summed E-state index contributed by atoms with van der Waals surface area (Å²) in [6.07, 6.45) is -3.37. The fourth-order valence-electron chi connectivity index (χ4n) is 2.03. The molecule has 3 nitrogen and oxygen atoms in total. The first-order valence-electron chi connectivity index (χ1n) is 6.47. The summed E-state index contributed by atoms with van der Waals surface area (Å²) in [5.74, 6) is -1.36. The van der Waals surface area contributed by atoms with Gasteiger partial charge in [0.05, 0.1) is 21.2 Å². The third kappa shape index (κ3) is 3.83. The highest BCUT2D eigenvalue weighted by Gasteiger charge is 2.31. The zero-order valence-electron chi connectivity index (χ0n) is 11.9. The number of hydrogen-bond acceptors (Lipinski definition) is 2. The molecule has 0 radical (unpaired) electrons. The van der Waals surface area contributed by atoms with Gasteiger partial charge in [0, 0.05) is 11.3 Å². The van der Waals surface area contributed by atoms with Gasteiger partial charge in [0.2, 0.25) is 0 Å². The van der Waals surface area contributed by atoms with E-state index in [4.69, 9.17) is 28.9 Å². The third-order valence-corrected chi connectivity index (χ3v) is 4.01. The number of hydrogen-bond donors (Lipinski definition) is 2. The van der Waals surface area contributed by atoms with Crippen LogP contribution in [-0.2, 0) is 11.0 Å². The number of carbonyl (C=O) groups is 1. The van der Waals surface area contributed by atoms with Crippen LogP contribution < -0.4 is 5.73 Å². The molecule has 0 saturated heterocycles. The zero-order chi connectivity index (χ0) is 18.1. The Bertz CT molecular complexity index is 833. The van der Waals surface area contributed by atoms with Crippen molar-refractivity contribution in [2.75, 3.05) is 5.73 Å². The fourth-order valence-corrected chi connectivity index (χ4v) is 2.39. The summed E-state index contributed by atoms with van der Waals surface area (Å²) in [5, 5.41) is 9.73. The van der Waals surface area contributed by atoms with Crippen LogP contribution in [0.3, 0.4) is 0 Å². The van der Waals surface area contributed by atoms with E-state index in [1.807, 2.05) is 0 Å². The molecule has 0 bridgehead atoms. The molecular formula is C16H10Cl2F3NO2. The molecule has 0 unspecified atom stereocenters. The van der Waals surface area contributed by atoms with Crippen LogP contribution in [0.5, 0.6) is 0 Å². The van der Waals surface area contributed by atoms with E-state index in [0.717, 1.165) is 12.1 Å². The van der Waals surface area contributed by atoms with Gasteiger partial charge >= 0.3 is 12.1 Å². The Morgan fingerprint density at radius 2 is 1.83 bits per heavy atom. The van der Waals surface area contributed by atoms with Crippen LogP contribution in [-0.4, -0.2) is 11.1 Å². The van der Waals surface area contributed by atoms with Gasteiger partial charge in [-0.2, -0.15) is 13.2 Å². The van der Waals surface area contributed by atoms with Crippen LogP contribution in [0.4, 0.5) is 18.9 Å². The molecule has 0 amide bonds. The van der Waals surface area contributed by atoms with Crippen LogP contribution in [0, 0.1) is 0 Å². The molecule has 0 saturated carbocycles. The lowest BCUT2D eigenvalue weighted by Crippen LogP contribution is -2.08. The third-order valence-electron chi connectivity index (χ3n) is 3.18. The molecule has 2 aromatic carbocycles. The Balaban J connectivity index is 2.59. The number of benzene rings is 2. The van der Waals surface area contributed by atoms with Gasteiger partial charge in [0.25, 0.3) is 0 Å². The van der Waals surface area contributed by atoms with Crippen molar-refractivity contribution in [3.8, 4) is 0 Å². The summed E-state index contributed by atoms with van der Waals surface area (Å²) < 4.78 is 38.1. The Morgan fingerprint density at radius 3 is 2.38 bits per heavy atom. The minimum atomic E-state index is -4.57. The molecular weight excluding hydrogens is 366 g/mol. The molecule has 24 heavy (non-hydrogen) atoms. The van der Waals surface area contributed by atoms with E-state index in [1.54, 1.807) is 6.07 Å². The molecule has 0 aliphatic heterocycles. The summed E-state index contributed by atoms with van der Waals surface area (Å²) in [4.78, 5) is 11.5. The highest BCUT2D eigenvalue weighted by Crippen LogP contribution is 2.35. The van der Waals surface area contributed by atoms with Crippen LogP contribution in [0.1, 0.15) is 16.7 Å². The standard InChI is InChI=1S/C16H10Cl2F3NO2/c17-12-3-1-2-8(14(12)18)6-11(15(23)24)10-5-4-9(7-13(10)22)16(19,20)21/h1-7H,22H2,(H,23,24). The Morgan fingerprint density at radius 1 is 1.17 bits per heavy atom. The maximum Gasteiger partial charge on any atom is 0.416 e. The molecule has 3 N–H and O–H groups in total. The first-order chi connectivity index (χ1) is 11.1. The molecule has 2 rings (SSSR count). The van der Waals surface area contributed by atoms with E-state index in [9.17, 15) is 23.1 Å². The molecule has 126 valence electrons. The highest BCUT2D eigenvalue weighted by atomic mass is 35.5. The molecule has 0 aliphatic rings.